The molecule has 0 saturated carbocycles. The van der Waals surface area contributed by atoms with Gasteiger partial charge in [-0.25, -0.2) is 9.59 Å². The quantitative estimate of drug-likeness (QED) is 0.468. The minimum Gasteiger partial charge on any atom is -0.466 e. The Hall–Kier alpha value is -2.75. The maximum atomic E-state index is 13.5. The molecule has 36 heavy (non-hydrogen) atoms. The van der Waals surface area contributed by atoms with Gasteiger partial charge in [-0.05, 0) is 41.5 Å². The van der Waals surface area contributed by atoms with E-state index in [0.717, 1.165) is 23.0 Å². The average molecular weight is 586 g/mol. The van der Waals surface area contributed by atoms with Crippen molar-refractivity contribution in [1.29, 1.82) is 0 Å². The molecule has 0 fully saturated rings. The number of hydrogen-bond donors (Lipinski definition) is 1. The van der Waals surface area contributed by atoms with Gasteiger partial charge in [-0.3, -0.25) is 9.36 Å². The van der Waals surface area contributed by atoms with Crippen molar-refractivity contribution in [2.45, 2.75) is 5.92 Å². The lowest BCUT2D eigenvalue weighted by Gasteiger charge is -2.27. The van der Waals surface area contributed by atoms with Crippen molar-refractivity contribution < 1.29 is 19.1 Å². The van der Waals surface area contributed by atoms with E-state index in [4.69, 9.17) is 61.6 Å². The number of rotatable bonds is 4. The van der Waals surface area contributed by atoms with Crippen molar-refractivity contribution in [2.75, 3.05) is 14.2 Å². The van der Waals surface area contributed by atoms with Crippen LogP contribution in [0.3, 0.4) is 0 Å². The third kappa shape index (κ3) is 4.55. The van der Waals surface area contributed by atoms with Gasteiger partial charge in [0.15, 0.2) is 0 Å². The Bertz CT molecular complexity index is 1640. The fraction of sp³-hybridized carbons (Fsp3) is 0.125. The highest BCUT2D eigenvalue weighted by Crippen LogP contribution is 2.41. The monoisotopic (exact) mass is 584 g/mol. The summed E-state index contributed by atoms with van der Waals surface area (Å²) < 4.78 is 11.5. The van der Waals surface area contributed by atoms with Crippen molar-refractivity contribution in [3.8, 4) is 0 Å². The van der Waals surface area contributed by atoms with E-state index in [-0.39, 0.29) is 31.2 Å². The summed E-state index contributed by atoms with van der Waals surface area (Å²) in [5.74, 6) is -2.94. The molecule has 0 radical (unpaired) electrons. The number of hydrogen-bond acceptors (Lipinski definition) is 7. The fourth-order valence-electron chi connectivity index (χ4n) is 3.87. The lowest BCUT2D eigenvalue weighted by atomic mass is 9.83. The SMILES string of the molecule is COC(=O)C1=C(N)n2c(s/c(=C\c3ccc(Cl)cc3Cl)c2=O)=C(C(=O)OC)[C@H]1c1ccc(Cl)cc1Cl. The molecule has 4 rings (SSSR count). The average Bonchev–Trinajstić information content (AvgIpc) is 3.15. The summed E-state index contributed by atoms with van der Waals surface area (Å²) in [5, 5.41) is 1.27. The number of thiazole rings is 1. The van der Waals surface area contributed by atoms with Gasteiger partial charge in [0, 0.05) is 20.1 Å². The Labute approximate surface area is 228 Å². The number of nitrogens with two attached hydrogens (primary N) is 1. The molecule has 2 aromatic carbocycles. The van der Waals surface area contributed by atoms with Gasteiger partial charge in [0.25, 0.3) is 5.56 Å². The molecule has 0 amide bonds. The lowest BCUT2D eigenvalue weighted by molar-refractivity contribution is -0.136. The standard InChI is InChI=1S/C24H16Cl4N2O5S/c1-34-23(32)18-17(13-6-5-12(26)9-15(13)28)19(24(33)35-2)22-30(20(18)29)21(31)16(36-22)7-10-3-4-11(25)8-14(10)27/h3-9,17H,29H2,1-2H3/b16-7-/t17-/m0/s1. The zero-order valence-corrected chi connectivity index (χ0v) is 22.4. The Kier molecular flexibility index (Phi) is 7.54. The van der Waals surface area contributed by atoms with Crippen molar-refractivity contribution in [3.05, 3.63) is 92.7 Å². The third-order valence-corrected chi connectivity index (χ3v) is 7.71. The van der Waals surface area contributed by atoms with Crippen LogP contribution in [-0.4, -0.2) is 30.7 Å². The van der Waals surface area contributed by atoms with Crippen LogP contribution in [0.2, 0.25) is 20.1 Å². The molecular formula is C24H16Cl4N2O5S. The second-order valence-electron chi connectivity index (χ2n) is 7.52. The van der Waals surface area contributed by atoms with Crippen LogP contribution in [0.5, 0.6) is 0 Å². The predicted molar refractivity (Wildman–Crippen MR) is 142 cm³/mol. The van der Waals surface area contributed by atoms with E-state index in [2.05, 4.69) is 0 Å². The summed E-state index contributed by atoms with van der Waals surface area (Å²) in [4.78, 5) is 39.5. The predicted octanol–water partition coefficient (Wildman–Crippen LogP) is 3.77. The number of esters is 2. The van der Waals surface area contributed by atoms with Gasteiger partial charge >= 0.3 is 11.9 Å². The van der Waals surface area contributed by atoms with Crippen LogP contribution >= 0.6 is 57.7 Å². The van der Waals surface area contributed by atoms with E-state index in [1.54, 1.807) is 30.3 Å². The van der Waals surface area contributed by atoms with E-state index < -0.39 is 23.4 Å². The van der Waals surface area contributed by atoms with E-state index >= 15 is 0 Å². The number of nitrogens with zero attached hydrogens (tertiary/aromatic N) is 1. The van der Waals surface area contributed by atoms with Crippen molar-refractivity contribution in [2.24, 2.45) is 5.73 Å². The molecule has 186 valence electrons. The number of fused-ring (bicyclic) bond motifs is 1. The topological polar surface area (TPSA) is 101 Å². The normalized spacial score (nSPS) is 15.7. The number of carbonyl (C=O) groups excluding carboxylic acids is 2. The summed E-state index contributed by atoms with van der Waals surface area (Å²) >= 11 is 25.8. The Balaban J connectivity index is 2.15. The summed E-state index contributed by atoms with van der Waals surface area (Å²) in [6.45, 7) is 0. The molecule has 7 nitrogen and oxygen atoms in total. The maximum Gasteiger partial charge on any atom is 0.338 e. The molecule has 0 spiro atoms. The summed E-state index contributed by atoms with van der Waals surface area (Å²) in [6, 6.07) is 9.40. The van der Waals surface area contributed by atoms with Gasteiger partial charge in [-0.2, -0.15) is 0 Å². The van der Waals surface area contributed by atoms with Crippen LogP contribution in [0, 0.1) is 0 Å². The molecule has 0 aliphatic carbocycles. The van der Waals surface area contributed by atoms with Crippen LogP contribution in [0.15, 0.2) is 46.8 Å². The molecule has 12 heteroatoms. The molecule has 0 bridgehead atoms. The van der Waals surface area contributed by atoms with Crippen molar-refractivity contribution in [1.82, 2.24) is 4.57 Å². The van der Waals surface area contributed by atoms with E-state index in [1.165, 1.54) is 19.2 Å². The largest absolute Gasteiger partial charge is 0.466 e. The summed E-state index contributed by atoms with van der Waals surface area (Å²) in [7, 11) is 2.35. The third-order valence-electron chi connectivity index (χ3n) is 5.48. The van der Waals surface area contributed by atoms with Gasteiger partial charge < -0.3 is 15.2 Å². The first-order valence-electron chi connectivity index (χ1n) is 10.1. The van der Waals surface area contributed by atoms with Crippen molar-refractivity contribution in [3.63, 3.8) is 0 Å². The highest BCUT2D eigenvalue weighted by Gasteiger charge is 2.40. The molecule has 3 aromatic rings. The number of ether oxygens (including phenoxy) is 2. The zero-order chi connectivity index (χ0) is 26.3. The molecular weight excluding hydrogens is 570 g/mol. The minimum atomic E-state index is -1.10. The second kappa shape index (κ2) is 10.3. The van der Waals surface area contributed by atoms with Crippen LogP contribution in [0.1, 0.15) is 17.0 Å². The lowest BCUT2D eigenvalue weighted by Crippen LogP contribution is -2.41. The molecule has 1 atom stereocenters. The fourth-order valence-corrected chi connectivity index (χ4v) is 6.01. The minimum absolute atomic E-state index is 0.0136. The molecule has 2 N–H and O–H groups in total. The van der Waals surface area contributed by atoms with Crippen LogP contribution in [0.25, 0.3) is 17.5 Å². The Morgan fingerprint density at radius 3 is 2.11 bits per heavy atom. The second-order valence-corrected chi connectivity index (χ2v) is 10.2. The van der Waals surface area contributed by atoms with E-state index in [1.807, 2.05) is 0 Å². The number of carbonyl (C=O) groups is 2. The maximum absolute atomic E-state index is 13.5. The Morgan fingerprint density at radius 1 is 0.944 bits per heavy atom. The summed E-state index contributed by atoms with van der Waals surface area (Å²) in [5.41, 5.74) is 6.53. The Morgan fingerprint density at radius 2 is 1.53 bits per heavy atom. The van der Waals surface area contributed by atoms with Gasteiger partial charge in [0.05, 0.1) is 35.8 Å². The summed E-state index contributed by atoms with van der Waals surface area (Å²) in [6.07, 6.45) is 1.54. The number of benzene rings is 2. The first kappa shape index (κ1) is 26.3. The first-order chi connectivity index (χ1) is 17.1. The smallest absolute Gasteiger partial charge is 0.338 e. The van der Waals surface area contributed by atoms with Gasteiger partial charge in [0.2, 0.25) is 0 Å². The van der Waals surface area contributed by atoms with E-state index in [0.29, 0.717) is 26.2 Å². The highest BCUT2D eigenvalue weighted by atomic mass is 35.5. The van der Waals surface area contributed by atoms with Crippen LogP contribution in [-0.2, 0) is 19.1 Å². The van der Waals surface area contributed by atoms with Crippen molar-refractivity contribution >= 4 is 87.1 Å². The number of methoxy groups -OCH3 is 2. The highest BCUT2D eigenvalue weighted by molar-refractivity contribution is 7.07. The number of halogens is 4. The van der Waals surface area contributed by atoms with E-state index in [9.17, 15) is 14.4 Å². The molecule has 0 unspecified atom stereocenters. The zero-order valence-electron chi connectivity index (χ0n) is 18.6. The van der Waals surface area contributed by atoms with Crippen LogP contribution in [0.4, 0.5) is 0 Å². The van der Waals surface area contributed by atoms with Gasteiger partial charge in [-0.15, -0.1) is 11.3 Å². The molecule has 1 aliphatic rings. The molecule has 1 aromatic heterocycles. The number of aromatic nitrogens is 1. The molecule has 1 aliphatic heterocycles. The van der Waals surface area contributed by atoms with Crippen LogP contribution < -0.4 is 20.5 Å². The van der Waals surface area contributed by atoms with Gasteiger partial charge in [0.1, 0.15) is 10.5 Å². The molecule has 2 heterocycles. The molecule has 0 saturated heterocycles. The first-order valence-corrected chi connectivity index (χ1v) is 12.5. The van der Waals surface area contributed by atoms with Gasteiger partial charge in [-0.1, -0.05) is 58.5 Å².